The molecule has 2 rings (SSSR count). The molecule has 0 bridgehead atoms. The fourth-order valence-corrected chi connectivity index (χ4v) is 2.08. The topological polar surface area (TPSA) is 0 Å². The zero-order chi connectivity index (χ0) is 8.39. The first-order valence-electron chi connectivity index (χ1n) is 4.55. The number of halogens is 1. The van der Waals surface area contributed by atoms with Gasteiger partial charge in [-0.15, -0.1) is 0 Å². The van der Waals surface area contributed by atoms with Crippen LogP contribution in [0.4, 0.5) is 4.39 Å². The van der Waals surface area contributed by atoms with Crippen molar-refractivity contribution >= 4 is 0 Å². The molecule has 0 amide bonds. The molecule has 0 radical (unpaired) electrons. The van der Waals surface area contributed by atoms with E-state index in [1.165, 1.54) is 11.1 Å². The maximum Gasteiger partial charge on any atom is 0.0900 e. The minimum atomic E-state index is -0.182. The number of benzene rings is 1. The Morgan fingerprint density at radius 1 is 1.33 bits per heavy atom. The molecule has 1 aromatic rings. The Bertz CT molecular complexity index is 265. The van der Waals surface area contributed by atoms with Crippen molar-refractivity contribution in [1.82, 2.24) is 0 Å². The molecule has 1 aliphatic carbocycles. The van der Waals surface area contributed by atoms with E-state index < -0.39 is 0 Å². The summed E-state index contributed by atoms with van der Waals surface area (Å²) in [5.41, 5.74) is 2.81. The molecule has 1 atom stereocenters. The SMILES string of the molecule is FCCC1CCc2ccccc21. The molecule has 1 aromatic carbocycles. The number of alkyl halides is 1. The van der Waals surface area contributed by atoms with Gasteiger partial charge in [-0.25, -0.2) is 0 Å². The highest BCUT2D eigenvalue weighted by Crippen LogP contribution is 2.34. The zero-order valence-electron chi connectivity index (χ0n) is 7.09. The lowest BCUT2D eigenvalue weighted by Crippen LogP contribution is -1.93. The molecule has 0 aromatic heterocycles. The first kappa shape index (κ1) is 7.78. The second kappa shape index (κ2) is 3.26. The molecule has 0 fully saturated rings. The van der Waals surface area contributed by atoms with Gasteiger partial charge in [-0.1, -0.05) is 24.3 Å². The van der Waals surface area contributed by atoms with Crippen molar-refractivity contribution < 1.29 is 4.39 Å². The van der Waals surface area contributed by atoms with Crippen molar-refractivity contribution in [2.75, 3.05) is 6.67 Å². The van der Waals surface area contributed by atoms with Gasteiger partial charge in [-0.3, -0.25) is 4.39 Å². The largest absolute Gasteiger partial charge is 0.251 e. The van der Waals surface area contributed by atoms with Crippen LogP contribution in [0, 0.1) is 0 Å². The predicted molar refractivity (Wildman–Crippen MR) is 48.1 cm³/mol. The van der Waals surface area contributed by atoms with E-state index in [0.29, 0.717) is 12.3 Å². The van der Waals surface area contributed by atoms with Crippen LogP contribution in [0.1, 0.15) is 29.9 Å². The molecular formula is C11H13F. The molecule has 1 heteroatoms. The minimum absolute atomic E-state index is 0.182. The molecule has 12 heavy (non-hydrogen) atoms. The monoisotopic (exact) mass is 164 g/mol. The number of rotatable bonds is 2. The van der Waals surface area contributed by atoms with Crippen molar-refractivity contribution in [1.29, 1.82) is 0 Å². The maximum absolute atomic E-state index is 12.1. The zero-order valence-corrected chi connectivity index (χ0v) is 7.09. The molecule has 0 N–H and O–H groups in total. The number of fused-ring (bicyclic) bond motifs is 1. The van der Waals surface area contributed by atoms with E-state index in [9.17, 15) is 4.39 Å². The molecule has 0 saturated carbocycles. The molecule has 1 unspecified atom stereocenters. The molecule has 0 nitrogen and oxygen atoms in total. The average Bonchev–Trinajstić information content (AvgIpc) is 2.50. The maximum atomic E-state index is 12.1. The first-order valence-corrected chi connectivity index (χ1v) is 4.55. The second-order valence-corrected chi connectivity index (χ2v) is 3.41. The summed E-state index contributed by atoms with van der Waals surface area (Å²) in [6, 6.07) is 8.42. The highest BCUT2D eigenvalue weighted by molar-refractivity contribution is 5.34. The van der Waals surface area contributed by atoms with Crippen molar-refractivity contribution in [3.63, 3.8) is 0 Å². The van der Waals surface area contributed by atoms with Gasteiger partial charge >= 0.3 is 0 Å². The van der Waals surface area contributed by atoms with Crippen LogP contribution in [-0.2, 0) is 6.42 Å². The van der Waals surface area contributed by atoms with Gasteiger partial charge in [0.15, 0.2) is 0 Å². The van der Waals surface area contributed by atoms with Gasteiger partial charge in [0.05, 0.1) is 6.67 Å². The average molecular weight is 164 g/mol. The lowest BCUT2D eigenvalue weighted by molar-refractivity contribution is 0.436. The third-order valence-corrected chi connectivity index (χ3v) is 2.71. The van der Waals surface area contributed by atoms with Gasteiger partial charge in [-0.05, 0) is 36.3 Å². The van der Waals surface area contributed by atoms with E-state index in [4.69, 9.17) is 0 Å². The van der Waals surface area contributed by atoms with E-state index in [2.05, 4.69) is 24.3 Å². The lowest BCUT2D eigenvalue weighted by atomic mass is 9.99. The summed E-state index contributed by atoms with van der Waals surface area (Å²) in [6.45, 7) is -0.182. The Balaban J connectivity index is 2.24. The molecule has 0 aliphatic heterocycles. The summed E-state index contributed by atoms with van der Waals surface area (Å²) in [5, 5.41) is 0. The van der Waals surface area contributed by atoms with Gasteiger partial charge in [0.2, 0.25) is 0 Å². The van der Waals surface area contributed by atoms with Crippen LogP contribution in [-0.4, -0.2) is 6.67 Å². The van der Waals surface area contributed by atoms with Gasteiger partial charge in [-0.2, -0.15) is 0 Å². The summed E-state index contributed by atoms with van der Waals surface area (Å²) < 4.78 is 12.1. The third kappa shape index (κ3) is 1.24. The van der Waals surface area contributed by atoms with Crippen LogP contribution < -0.4 is 0 Å². The number of hydrogen-bond donors (Lipinski definition) is 0. The Kier molecular flexibility index (Phi) is 2.11. The highest BCUT2D eigenvalue weighted by atomic mass is 19.1. The van der Waals surface area contributed by atoms with Crippen molar-refractivity contribution in [2.24, 2.45) is 0 Å². The first-order chi connectivity index (χ1) is 5.92. The van der Waals surface area contributed by atoms with E-state index in [1.807, 2.05) is 0 Å². The highest BCUT2D eigenvalue weighted by Gasteiger charge is 2.20. The van der Waals surface area contributed by atoms with Gasteiger partial charge in [0.25, 0.3) is 0 Å². The van der Waals surface area contributed by atoms with Crippen molar-refractivity contribution in [3.8, 4) is 0 Å². The van der Waals surface area contributed by atoms with Crippen LogP contribution in [0.5, 0.6) is 0 Å². The normalized spacial score (nSPS) is 20.9. The Labute approximate surface area is 72.4 Å². The van der Waals surface area contributed by atoms with Gasteiger partial charge < -0.3 is 0 Å². The second-order valence-electron chi connectivity index (χ2n) is 3.41. The Morgan fingerprint density at radius 3 is 3.00 bits per heavy atom. The minimum Gasteiger partial charge on any atom is -0.251 e. The molecule has 0 heterocycles. The van der Waals surface area contributed by atoms with Crippen LogP contribution >= 0.6 is 0 Å². The number of hydrogen-bond acceptors (Lipinski definition) is 0. The number of aryl methyl sites for hydroxylation is 1. The molecule has 0 spiro atoms. The quantitative estimate of drug-likeness (QED) is 0.630. The molecule has 0 saturated heterocycles. The fourth-order valence-electron chi connectivity index (χ4n) is 2.08. The van der Waals surface area contributed by atoms with Crippen molar-refractivity contribution in [2.45, 2.75) is 25.2 Å². The molecular weight excluding hydrogens is 151 g/mol. The van der Waals surface area contributed by atoms with E-state index in [-0.39, 0.29) is 6.67 Å². The summed E-state index contributed by atoms with van der Waals surface area (Å²) in [4.78, 5) is 0. The van der Waals surface area contributed by atoms with Crippen LogP contribution in [0.3, 0.4) is 0 Å². The van der Waals surface area contributed by atoms with E-state index >= 15 is 0 Å². The summed E-state index contributed by atoms with van der Waals surface area (Å²) in [7, 11) is 0. The van der Waals surface area contributed by atoms with Gasteiger partial charge in [0, 0.05) is 0 Å². The van der Waals surface area contributed by atoms with E-state index in [1.54, 1.807) is 0 Å². The Morgan fingerprint density at radius 2 is 2.17 bits per heavy atom. The predicted octanol–water partition coefficient (Wildman–Crippen LogP) is 3.08. The molecule has 64 valence electrons. The van der Waals surface area contributed by atoms with Crippen LogP contribution in [0.25, 0.3) is 0 Å². The third-order valence-electron chi connectivity index (χ3n) is 2.71. The summed E-state index contributed by atoms with van der Waals surface area (Å²) in [6.07, 6.45) is 2.99. The summed E-state index contributed by atoms with van der Waals surface area (Å²) >= 11 is 0. The smallest absolute Gasteiger partial charge is 0.0900 e. The van der Waals surface area contributed by atoms with Crippen LogP contribution in [0.15, 0.2) is 24.3 Å². The fraction of sp³-hybridized carbons (Fsp3) is 0.455. The van der Waals surface area contributed by atoms with E-state index in [0.717, 1.165) is 12.8 Å². The van der Waals surface area contributed by atoms with Crippen molar-refractivity contribution in [3.05, 3.63) is 35.4 Å². The molecule has 1 aliphatic rings. The Hall–Kier alpha value is -0.850. The van der Waals surface area contributed by atoms with Crippen LogP contribution in [0.2, 0.25) is 0 Å². The standard InChI is InChI=1S/C11H13F/c12-8-7-10-6-5-9-3-1-2-4-11(9)10/h1-4,10H,5-8H2. The van der Waals surface area contributed by atoms with Gasteiger partial charge in [0.1, 0.15) is 0 Å². The summed E-state index contributed by atoms with van der Waals surface area (Å²) in [5.74, 6) is 0.492. The lowest BCUT2D eigenvalue weighted by Gasteiger charge is -2.07.